The monoisotopic (exact) mass is 346 g/mol. The number of nitrogens with one attached hydrogen (secondary N) is 2. The third kappa shape index (κ3) is 3.16. The van der Waals surface area contributed by atoms with Gasteiger partial charge in [0.05, 0.1) is 0 Å². The van der Waals surface area contributed by atoms with Gasteiger partial charge >= 0.3 is 0 Å². The molecule has 5 nitrogen and oxygen atoms in total. The van der Waals surface area contributed by atoms with Crippen LogP contribution in [0.1, 0.15) is 18.4 Å². The van der Waals surface area contributed by atoms with E-state index in [-0.39, 0.29) is 5.91 Å². The zero-order valence-electron chi connectivity index (χ0n) is 13.7. The summed E-state index contributed by atoms with van der Waals surface area (Å²) < 4.78 is 23.2. The number of piperidine rings is 1. The number of amides is 1. The van der Waals surface area contributed by atoms with E-state index in [1.165, 1.54) is 0 Å². The molecule has 0 spiro atoms. The molecule has 1 saturated heterocycles. The van der Waals surface area contributed by atoms with E-state index in [9.17, 15) is 13.2 Å². The SMILES string of the molecule is CS(=O)(=O)C1(C(=O)NCc2ccc3ccccc3c2)CCNCC1. The second-order valence-electron chi connectivity index (χ2n) is 6.38. The predicted molar refractivity (Wildman–Crippen MR) is 95.5 cm³/mol. The van der Waals surface area contributed by atoms with Gasteiger partial charge in [-0.15, -0.1) is 0 Å². The van der Waals surface area contributed by atoms with E-state index >= 15 is 0 Å². The highest BCUT2D eigenvalue weighted by Crippen LogP contribution is 2.28. The quantitative estimate of drug-likeness (QED) is 0.882. The second-order valence-corrected chi connectivity index (χ2v) is 8.71. The van der Waals surface area contributed by atoms with Gasteiger partial charge in [0, 0.05) is 12.8 Å². The Morgan fingerprint density at radius 2 is 1.79 bits per heavy atom. The standard InChI is InChI=1S/C18H22N2O3S/c1-24(22,23)18(8-10-19-11-9-18)17(21)20-13-14-6-7-15-4-2-3-5-16(15)12-14/h2-7,12,19H,8-11,13H2,1H3,(H,20,21). The lowest BCUT2D eigenvalue weighted by Gasteiger charge is -2.34. The summed E-state index contributed by atoms with van der Waals surface area (Å²) >= 11 is 0. The van der Waals surface area contributed by atoms with Crippen LogP contribution >= 0.6 is 0 Å². The Morgan fingerprint density at radius 3 is 2.46 bits per heavy atom. The van der Waals surface area contributed by atoms with Gasteiger partial charge in [-0.25, -0.2) is 8.42 Å². The van der Waals surface area contributed by atoms with Crippen LogP contribution in [-0.2, 0) is 21.2 Å². The molecule has 0 unspecified atom stereocenters. The van der Waals surface area contributed by atoms with Crippen LogP contribution in [-0.4, -0.2) is 38.4 Å². The average molecular weight is 346 g/mol. The summed E-state index contributed by atoms with van der Waals surface area (Å²) in [6.07, 6.45) is 1.79. The molecule has 1 aliphatic heterocycles. The van der Waals surface area contributed by atoms with Gasteiger partial charge in [0.2, 0.25) is 5.91 Å². The topological polar surface area (TPSA) is 75.3 Å². The van der Waals surface area contributed by atoms with Gasteiger partial charge in [-0.2, -0.15) is 0 Å². The summed E-state index contributed by atoms with van der Waals surface area (Å²) in [6.45, 7) is 1.40. The van der Waals surface area contributed by atoms with Crippen LogP contribution in [0, 0.1) is 0 Å². The first-order chi connectivity index (χ1) is 11.4. The normalized spacial score (nSPS) is 17.5. The highest BCUT2D eigenvalue weighted by molar-refractivity contribution is 7.92. The van der Waals surface area contributed by atoms with Crippen LogP contribution in [0.15, 0.2) is 42.5 Å². The highest BCUT2D eigenvalue weighted by atomic mass is 32.2. The molecule has 0 bridgehead atoms. The number of rotatable bonds is 4. The molecule has 1 amide bonds. The molecular weight excluding hydrogens is 324 g/mol. The molecule has 1 heterocycles. The maximum atomic E-state index is 12.7. The lowest BCUT2D eigenvalue weighted by atomic mass is 9.95. The number of hydrogen-bond donors (Lipinski definition) is 2. The summed E-state index contributed by atoms with van der Waals surface area (Å²) in [5.74, 6) is -0.389. The van der Waals surface area contributed by atoms with Gasteiger partial charge in [0.15, 0.2) is 14.6 Å². The molecule has 6 heteroatoms. The summed E-state index contributed by atoms with van der Waals surface area (Å²) in [5, 5.41) is 8.19. The van der Waals surface area contributed by atoms with Crippen molar-refractivity contribution in [3.63, 3.8) is 0 Å². The molecular formula is C18H22N2O3S. The molecule has 1 aliphatic rings. The lowest BCUT2D eigenvalue weighted by molar-refractivity contribution is -0.124. The molecule has 128 valence electrons. The molecule has 2 aromatic carbocycles. The second kappa shape index (κ2) is 6.53. The van der Waals surface area contributed by atoms with Gasteiger partial charge in [-0.3, -0.25) is 4.79 Å². The highest BCUT2D eigenvalue weighted by Gasteiger charge is 2.48. The predicted octanol–water partition coefficient (Wildman–Crippen LogP) is 1.62. The van der Waals surface area contributed by atoms with Gasteiger partial charge in [0.25, 0.3) is 0 Å². The first-order valence-electron chi connectivity index (χ1n) is 8.09. The zero-order valence-corrected chi connectivity index (χ0v) is 14.5. The van der Waals surface area contributed by atoms with Crippen molar-refractivity contribution in [1.82, 2.24) is 10.6 Å². The fourth-order valence-electron chi connectivity index (χ4n) is 3.29. The summed E-state index contributed by atoms with van der Waals surface area (Å²) in [7, 11) is -3.48. The Kier molecular flexibility index (Phi) is 4.60. The molecule has 2 N–H and O–H groups in total. The van der Waals surface area contributed by atoms with E-state index < -0.39 is 14.6 Å². The Morgan fingerprint density at radius 1 is 1.12 bits per heavy atom. The molecule has 3 rings (SSSR count). The van der Waals surface area contributed by atoms with Crippen molar-refractivity contribution in [2.24, 2.45) is 0 Å². The number of sulfone groups is 1. The number of hydrogen-bond acceptors (Lipinski definition) is 4. The van der Waals surface area contributed by atoms with Crippen LogP contribution in [0.2, 0.25) is 0 Å². The maximum absolute atomic E-state index is 12.7. The summed E-state index contributed by atoms with van der Waals surface area (Å²) in [6, 6.07) is 14.0. The number of benzene rings is 2. The van der Waals surface area contributed by atoms with Crippen LogP contribution in [0.3, 0.4) is 0 Å². The fourth-order valence-corrected chi connectivity index (χ4v) is 4.64. The minimum Gasteiger partial charge on any atom is -0.351 e. The van der Waals surface area contributed by atoms with E-state index in [1.807, 2.05) is 42.5 Å². The number of carbonyl (C=O) groups is 1. The minimum absolute atomic E-state index is 0.315. The minimum atomic E-state index is -3.48. The zero-order chi connectivity index (χ0) is 17.2. The Balaban J connectivity index is 1.77. The van der Waals surface area contributed by atoms with E-state index in [2.05, 4.69) is 10.6 Å². The molecule has 0 aromatic heterocycles. The van der Waals surface area contributed by atoms with Crippen LogP contribution < -0.4 is 10.6 Å². The Bertz CT molecular complexity index is 855. The van der Waals surface area contributed by atoms with E-state index in [4.69, 9.17) is 0 Å². The third-order valence-corrected chi connectivity index (χ3v) is 6.81. The third-order valence-electron chi connectivity index (χ3n) is 4.80. The van der Waals surface area contributed by atoms with Crippen LogP contribution in [0.25, 0.3) is 10.8 Å². The first kappa shape index (κ1) is 16.9. The first-order valence-corrected chi connectivity index (χ1v) is 9.98. The average Bonchev–Trinajstić information content (AvgIpc) is 2.59. The Hall–Kier alpha value is -1.92. The van der Waals surface area contributed by atoms with Crippen LogP contribution in [0.5, 0.6) is 0 Å². The smallest absolute Gasteiger partial charge is 0.241 e. The van der Waals surface area contributed by atoms with E-state index in [0.717, 1.165) is 22.6 Å². The Labute approximate surface area is 142 Å². The molecule has 2 aromatic rings. The van der Waals surface area contributed by atoms with Crippen LogP contribution in [0.4, 0.5) is 0 Å². The maximum Gasteiger partial charge on any atom is 0.241 e. The van der Waals surface area contributed by atoms with Gasteiger partial charge in [0.1, 0.15) is 0 Å². The lowest BCUT2D eigenvalue weighted by Crippen LogP contribution is -2.57. The van der Waals surface area contributed by atoms with Crippen molar-refractivity contribution in [3.8, 4) is 0 Å². The molecule has 0 radical (unpaired) electrons. The summed E-state index contributed by atoms with van der Waals surface area (Å²) in [4.78, 5) is 12.7. The van der Waals surface area contributed by atoms with Crippen molar-refractivity contribution in [1.29, 1.82) is 0 Å². The fraction of sp³-hybridized carbons (Fsp3) is 0.389. The molecule has 24 heavy (non-hydrogen) atoms. The van der Waals surface area contributed by atoms with E-state index in [0.29, 0.717) is 32.5 Å². The van der Waals surface area contributed by atoms with Crippen molar-refractivity contribution in [3.05, 3.63) is 48.0 Å². The van der Waals surface area contributed by atoms with Gasteiger partial charge in [-0.1, -0.05) is 36.4 Å². The van der Waals surface area contributed by atoms with Crippen molar-refractivity contribution in [2.45, 2.75) is 24.1 Å². The van der Waals surface area contributed by atoms with Crippen molar-refractivity contribution in [2.75, 3.05) is 19.3 Å². The number of fused-ring (bicyclic) bond motifs is 1. The van der Waals surface area contributed by atoms with Gasteiger partial charge < -0.3 is 10.6 Å². The van der Waals surface area contributed by atoms with Crippen molar-refractivity contribution >= 4 is 26.5 Å². The largest absolute Gasteiger partial charge is 0.351 e. The molecule has 1 fully saturated rings. The van der Waals surface area contributed by atoms with E-state index in [1.54, 1.807) is 0 Å². The van der Waals surface area contributed by atoms with Gasteiger partial charge in [-0.05, 0) is 48.3 Å². The number of carbonyl (C=O) groups excluding carboxylic acids is 1. The molecule has 0 saturated carbocycles. The summed E-state index contributed by atoms with van der Waals surface area (Å²) in [5.41, 5.74) is 0.958. The molecule has 0 aliphatic carbocycles. The van der Waals surface area contributed by atoms with Crippen molar-refractivity contribution < 1.29 is 13.2 Å². The molecule has 0 atom stereocenters.